The van der Waals surface area contributed by atoms with Gasteiger partial charge in [-0.25, -0.2) is 0 Å². The fourth-order valence-electron chi connectivity index (χ4n) is 11.3. The molecule has 1 heteroatoms. The minimum Gasteiger partial charge on any atom is -0.103 e. The Morgan fingerprint density at radius 3 is 1.04 bits per heavy atom. The molecule has 0 bridgehead atoms. The molecule has 74 heavy (non-hydrogen) atoms. The van der Waals surface area contributed by atoms with Crippen LogP contribution in [0.1, 0.15) is 317 Å². The Kier molecular flexibility index (Phi) is 40.7. The highest BCUT2D eigenvalue weighted by molar-refractivity contribution is 7.79. The van der Waals surface area contributed by atoms with Crippen molar-refractivity contribution < 1.29 is 0 Å². The molecular formula is C73H118S. The molecule has 0 aliphatic carbocycles. The van der Waals surface area contributed by atoms with E-state index in [1.165, 1.54) is 260 Å². The minimum absolute atomic E-state index is 0.577. The zero-order valence-electron chi connectivity index (χ0n) is 51.1. The predicted molar refractivity (Wildman–Crippen MR) is 351 cm³/mol. The number of thiocarbonyl (C=S) groups is 1. The largest absolute Gasteiger partial charge is 0.103 e. The maximum Gasteiger partial charge on any atom is 0.00925 e. The van der Waals surface area contributed by atoms with Gasteiger partial charge in [0.25, 0.3) is 0 Å². The van der Waals surface area contributed by atoms with Gasteiger partial charge in [-0.3, -0.25) is 0 Å². The van der Waals surface area contributed by atoms with Crippen LogP contribution in [-0.2, 0) is 0 Å². The van der Waals surface area contributed by atoms with E-state index in [1.807, 2.05) is 40.0 Å². The first-order valence-corrected chi connectivity index (χ1v) is 32.2. The molecular weight excluding hydrogens is 909 g/mol. The Hall–Kier alpha value is -3.29. The van der Waals surface area contributed by atoms with Crippen LogP contribution >= 0.6 is 12.2 Å². The number of allylic oxidation sites excluding steroid dienone is 3. The van der Waals surface area contributed by atoms with Crippen LogP contribution in [0.25, 0.3) is 54.2 Å². The van der Waals surface area contributed by atoms with Crippen LogP contribution in [0.5, 0.6) is 0 Å². The first kappa shape index (κ1) is 68.7. The second-order valence-electron chi connectivity index (χ2n) is 21.8. The van der Waals surface area contributed by atoms with Crippen molar-refractivity contribution in [3.63, 3.8) is 0 Å². The molecule has 0 nitrogen and oxygen atoms in total. The molecule has 5 aromatic carbocycles. The number of fused-ring (bicyclic) bond motifs is 2. The summed E-state index contributed by atoms with van der Waals surface area (Å²) < 4.78 is 0. The zero-order valence-corrected chi connectivity index (χ0v) is 51.9. The summed E-state index contributed by atoms with van der Waals surface area (Å²) in [5, 5.41) is 12.6. The molecule has 416 valence electrons. The SMILES string of the molecule is C=C(C)c1ccc2c3ccc(C(CCCCCCCCC)CCCCCCCCC)c4c(C(=C)C)ccc(c5ccc(C=S)c1c52)c43.C=CC.CC.CC.CCCCCCCCCC(C)CCCCCCCCC. The van der Waals surface area contributed by atoms with Crippen molar-refractivity contribution in [2.45, 2.75) is 294 Å². The molecule has 0 radical (unpaired) electrons. The van der Waals surface area contributed by atoms with Gasteiger partial charge in [-0.15, -0.1) is 6.58 Å². The Morgan fingerprint density at radius 2 is 0.703 bits per heavy atom. The summed E-state index contributed by atoms with van der Waals surface area (Å²) in [5.74, 6) is 1.55. The Bertz CT molecular complexity index is 2160. The van der Waals surface area contributed by atoms with Gasteiger partial charge in [0.2, 0.25) is 0 Å². The molecule has 0 fully saturated rings. The quantitative estimate of drug-likeness (QED) is 0.0127. The summed E-state index contributed by atoms with van der Waals surface area (Å²) in [6.07, 6.45) is 46.7. The first-order valence-electron chi connectivity index (χ1n) is 31.7. The second kappa shape index (κ2) is 43.8. The van der Waals surface area contributed by atoms with E-state index in [2.05, 4.69) is 117 Å². The van der Waals surface area contributed by atoms with Crippen molar-refractivity contribution in [3.8, 4) is 0 Å². The molecule has 0 amide bonds. The van der Waals surface area contributed by atoms with Gasteiger partial charge in [-0.1, -0.05) is 346 Å². The van der Waals surface area contributed by atoms with E-state index in [0.29, 0.717) is 5.92 Å². The van der Waals surface area contributed by atoms with E-state index in [1.54, 1.807) is 11.6 Å². The molecule has 0 unspecified atom stereocenters. The lowest BCUT2D eigenvalue weighted by molar-refractivity contribution is 0.431. The van der Waals surface area contributed by atoms with Crippen molar-refractivity contribution in [1.82, 2.24) is 0 Å². The summed E-state index contributed by atoms with van der Waals surface area (Å²) in [6.45, 7) is 38.1. The maximum atomic E-state index is 5.54. The van der Waals surface area contributed by atoms with Gasteiger partial charge in [-0.05, 0) is 111 Å². The number of unbranched alkanes of at least 4 members (excludes halogenated alkanes) is 24. The van der Waals surface area contributed by atoms with Crippen molar-refractivity contribution in [2.75, 3.05) is 0 Å². The van der Waals surface area contributed by atoms with Crippen molar-refractivity contribution in [1.29, 1.82) is 0 Å². The standard InChI is InChI=1S/C46H58S.C20H42.C3H6.2C2H6/c1-7-9-11-13-15-17-19-21-34(22-20-18-16-14-12-10-8-2)38-27-30-42-40-28-25-36(32(3)4)43-35(31-47)23-24-39(45(40)43)41-29-26-37(33(5)6)44(38)46(41)42;1-4-6-8-10-12-14-16-18-20(3)19-17-15-13-11-9-7-5-2;1-3-2;2*1-2/h23-31,34H,3,5,7-22H2,1-2,4,6H3;20H,4-19H2,1-3H3;3H,1H2,2H3;2*1-2H3. The van der Waals surface area contributed by atoms with Crippen LogP contribution in [0.3, 0.4) is 0 Å². The number of rotatable bonds is 36. The lowest BCUT2D eigenvalue weighted by Gasteiger charge is -2.25. The van der Waals surface area contributed by atoms with Gasteiger partial charge >= 0.3 is 0 Å². The van der Waals surface area contributed by atoms with Crippen molar-refractivity contribution in [3.05, 3.63) is 96.6 Å². The van der Waals surface area contributed by atoms with Crippen LogP contribution in [-0.4, -0.2) is 5.37 Å². The van der Waals surface area contributed by atoms with Gasteiger partial charge in [-0.2, -0.15) is 0 Å². The predicted octanol–water partition coefficient (Wildman–Crippen LogP) is 26.7. The molecule has 0 saturated heterocycles. The summed E-state index contributed by atoms with van der Waals surface area (Å²) in [5.41, 5.74) is 7.41. The van der Waals surface area contributed by atoms with Crippen LogP contribution in [0, 0.1) is 5.92 Å². The molecule has 5 aromatic rings. The third-order valence-corrected chi connectivity index (χ3v) is 15.6. The van der Waals surface area contributed by atoms with Gasteiger partial charge in [0.05, 0.1) is 0 Å². The Morgan fingerprint density at radius 1 is 0.419 bits per heavy atom. The molecule has 0 aliphatic rings. The van der Waals surface area contributed by atoms with E-state index >= 15 is 0 Å². The van der Waals surface area contributed by atoms with Crippen LogP contribution in [0.15, 0.2) is 74.3 Å². The summed E-state index contributed by atoms with van der Waals surface area (Å²) >= 11 is 5.54. The summed E-state index contributed by atoms with van der Waals surface area (Å²) in [4.78, 5) is 0. The van der Waals surface area contributed by atoms with E-state index < -0.39 is 0 Å². The summed E-state index contributed by atoms with van der Waals surface area (Å²) in [6, 6.07) is 18.8. The topological polar surface area (TPSA) is 0 Å². The molecule has 0 aliphatic heterocycles. The molecule has 0 aromatic heterocycles. The van der Waals surface area contributed by atoms with E-state index in [4.69, 9.17) is 12.2 Å². The molecule has 0 spiro atoms. The number of hydrogen-bond acceptors (Lipinski definition) is 1. The first-order chi connectivity index (χ1) is 36.1. The Balaban J connectivity index is 0.000000850. The molecule has 5 rings (SSSR count). The van der Waals surface area contributed by atoms with E-state index in [-0.39, 0.29) is 0 Å². The number of hydrogen-bond donors (Lipinski definition) is 0. The highest BCUT2D eigenvalue weighted by atomic mass is 32.1. The average Bonchev–Trinajstić information content (AvgIpc) is 3.41. The highest BCUT2D eigenvalue weighted by Crippen LogP contribution is 2.47. The second-order valence-corrected chi connectivity index (χ2v) is 22.0. The molecule has 0 heterocycles. The third kappa shape index (κ3) is 23.9. The molecule has 0 saturated carbocycles. The van der Waals surface area contributed by atoms with E-state index in [0.717, 1.165) is 22.6 Å². The van der Waals surface area contributed by atoms with Gasteiger partial charge in [0.15, 0.2) is 0 Å². The zero-order chi connectivity index (χ0) is 54.9. The maximum absolute atomic E-state index is 5.54. The van der Waals surface area contributed by atoms with Gasteiger partial charge in [0, 0.05) is 5.37 Å². The smallest absolute Gasteiger partial charge is 0.00925 e. The van der Waals surface area contributed by atoms with Crippen LogP contribution in [0.4, 0.5) is 0 Å². The minimum atomic E-state index is 0.577. The molecule has 0 N–H and O–H groups in total. The molecule has 0 atom stereocenters. The van der Waals surface area contributed by atoms with Gasteiger partial charge in [0.1, 0.15) is 0 Å². The van der Waals surface area contributed by atoms with Crippen LogP contribution in [0.2, 0.25) is 0 Å². The van der Waals surface area contributed by atoms with Crippen molar-refractivity contribution >= 4 is 71.8 Å². The lowest BCUT2D eigenvalue weighted by atomic mass is 9.79. The van der Waals surface area contributed by atoms with Crippen LogP contribution < -0.4 is 0 Å². The highest BCUT2D eigenvalue weighted by Gasteiger charge is 2.23. The third-order valence-electron chi connectivity index (χ3n) is 15.4. The lowest BCUT2D eigenvalue weighted by Crippen LogP contribution is -2.04. The van der Waals surface area contributed by atoms with Crippen molar-refractivity contribution in [2.24, 2.45) is 5.92 Å². The summed E-state index contributed by atoms with van der Waals surface area (Å²) in [7, 11) is 0. The Labute approximate surface area is 466 Å². The fraction of sp³-hybridized carbons (Fsp3) is 0.630. The fourth-order valence-corrected chi connectivity index (χ4v) is 11.5. The van der Waals surface area contributed by atoms with Gasteiger partial charge < -0.3 is 0 Å². The van der Waals surface area contributed by atoms with E-state index in [9.17, 15) is 0 Å². The monoisotopic (exact) mass is 1030 g/mol. The average molecular weight is 1030 g/mol. The number of benzene rings is 5. The normalized spacial score (nSPS) is 11.0.